The summed E-state index contributed by atoms with van der Waals surface area (Å²) in [7, 11) is 0. The molecule has 0 radical (unpaired) electrons. The molecule has 11 heteroatoms. The zero-order chi connectivity index (χ0) is 29.4. The van der Waals surface area contributed by atoms with Crippen LogP contribution in [0, 0.1) is 11.2 Å². The Morgan fingerprint density at radius 3 is 2.50 bits per heavy atom. The molecular weight excluding hydrogens is 539 g/mol. The number of carboxylic acids is 1. The summed E-state index contributed by atoms with van der Waals surface area (Å²) < 4.78 is 24.6. The molecule has 0 bridgehead atoms. The average molecular weight is 573 g/mol. The predicted octanol–water partition coefficient (Wildman–Crippen LogP) is 4.72. The van der Waals surface area contributed by atoms with Crippen LogP contribution in [0.1, 0.15) is 44.6 Å². The number of hydrogen-bond donors (Lipinski definition) is 1. The van der Waals surface area contributed by atoms with Crippen LogP contribution in [-0.2, 0) is 22.5 Å². The van der Waals surface area contributed by atoms with Gasteiger partial charge in [0.1, 0.15) is 11.1 Å². The van der Waals surface area contributed by atoms with Crippen LogP contribution in [0.5, 0.6) is 0 Å². The number of rotatable bonds is 5. The lowest BCUT2D eigenvalue weighted by Gasteiger charge is -2.60. The zero-order valence-electron chi connectivity index (χ0n) is 23.9. The molecule has 1 amide bonds. The number of carboxylic acid groups (broad SMARTS) is 1. The Labute approximate surface area is 242 Å². The van der Waals surface area contributed by atoms with Crippen molar-refractivity contribution in [2.45, 2.75) is 51.8 Å². The number of aromatic nitrogens is 4. The number of fused-ring (bicyclic) bond motifs is 2. The molecule has 1 N–H and O–H groups in total. The molecule has 218 valence electrons. The molecule has 2 fully saturated rings. The van der Waals surface area contributed by atoms with Crippen molar-refractivity contribution in [2.75, 3.05) is 31.1 Å². The van der Waals surface area contributed by atoms with Gasteiger partial charge in [-0.3, -0.25) is 4.68 Å². The SMILES string of the molecule is CC(C)(C)OC(=O)N1CC2(C1)CN(c1ccc(-c3ccc4cn(C(C(=O)O)c5ncn6c5CCC6)nc4c3F)cc1)C2. The highest BCUT2D eigenvalue weighted by atomic mass is 19.1. The van der Waals surface area contributed by atoms with Gasteiger partial charge in [0.05, 0.1) is 12.0 Å². The molecule has 1 atom stereocenters. The average Bonchev–Trinajstić information content (AvgIpc) is 3.60. The number of halogens is 1. The number of anilines is 1. The van der Waals surface area contributed by atoms with Crippen molar-refractivity contribution in [1.29, 1.82) is 0 Å². The molecule has 3 aliphatic rings. The van der Waals surface area contributed by atoms with Gasteiger partial charge in [-0.25, -0.2) is 19.0 Å². The van der Waals surface area contributed by atoms with Crippen LogP contribution in [0.3, 0.4) is 0 Å². The third-order valence-electron chi connectivity index (χ3n) is 8.48. The van der Waals surface area contributed by atoms with Crippen LogP contribution >= 0.6 is 0 Å². The molecule has 1 spiro atoms. The van der Waals surface area contributed by atoms with E-state index in [2.05, 4.69) is 15.0 Å². The molecule has 5 heterocycles. The largest absolute Gasteiger partial charge is 0.479 e. The number of aliphatic carboxylic acids is 1. The molecule has 2 aromatic heterocycles. The van der Waals surface area contributed by atoms with Gasteiger partial charge in [-0.2, -0.15) is 5.10 Å². The van der Waals surface area contributed by atoms with Crippen LogP contribution in [0.25, 0.3) is 22.0 Å². The Bertz CT molecular complexity index is 1710. The monoisotopic (exact) mass is 572 g/mol. The molecule has 2 aromatic carbocycles. The first-order valence-corrected chi connectivity index (χ1v) is 14.3. The molecule has 3 aliphatic heterocycles. The van der Waals surface area contributed by atoms with E-state index >= 15 is 4.39 Å². The van der Waals surface area contributed by atoms with Gasteiger partial charge in [-0.15, -0.1) is 0 Å². The van der Waals surface area contributed by atoms with Crippen molar-refractivity contribution in [2.24, 2.45) is 5.41 Å². The summed E-state index contributed by atoms with van der Waals surface area (Å²) in [5.74, 6) is -1.57. The Morgan fingerprint density at radius 1 is 1.07 bits per heavy atom. The van der Waals surface area contributed by atoms with Gasteiger partial charge >= 0.3 is 12.1 Å². The van der Waals surface area contributed by atoms with Gasteiger partial charge in [-0.05, 0) is 51.3 Å². The number of nitrogens with zero attached hydrogens (tertiary/aromatic N) is 6. The fourth-order valence-electron chi connectivity index (χ4n) is 6.53. The zero-order valence-corrected chi connectivity index (χ0v) is 23.9. The first kappa shape index (κ1) is 26.5. The maximum absolute atomic E-state index is 15.8. The number of amides is 1. The Balaban J connectivity index is 1.06. The van der Waals surface area contributed by atoms with E-state index in [0.29, 0.717) is 35.3 Å². The van der Waals surface area contributed by atoms with Crippen molar-refractivity contribution in [3.63, 3.8) is 0 Å². The van der Waals surface area contributed by atoms with E-state index in [1.165, 1.54) is 4.68 Å². The number of hydrogen-bond acceptors (Lipinski definition) is 6. The molecule has 2 saturated heterocycles. The second-order valence-corrected chi connectivity index (χ2v) is 12.8. The van der Waals surface area contributed by atoms with E-state index in [4.69, 9.17) is 4.74 Å². The summed E-state index contributed by atoms with van der Waals surface area (Å²) in [5.41, 5.74) is 3.25. The molecule has 4 aromatic rings. The van der Waals surface area contributed by atoms with Gasteiger partial charge in [0.25, 0.3) is 0 Å². The second kappa shape index (κ2) is 9.30. The van der Waals surface area contributed by atoms with E-state index in [9.17, 15) is 14.7 Å². The highest BCUT2D eigenvalue weighted by Gasteiger charge is 2.54. The third kappa shape index (κ3) is 4.38. The molecule has 0 saturated carbocycles. The van der Waals surface area contributed by atoms with Gasteiger partial charge in [0.15, 0.2) is 11.9 Å². The van der Waals surface area contributed by atoms with Crippen LogP contribution in [-0.4, -0.2) is 73.2 Å². The first-order valence-electron chi connectivity index (χ1n) is 14.3. The highest BCUT2D eigenvalue weighted by Crippen LogP contribution is 2.43. The van der Waals surface area contributed by atoms with Crippen molar-refractivity contribution in [1.82, 2.24) is 24.2 Å². The number of aryl methyl sites for hydroxylation is 1. The summed E-state index contributed by atoms with van der Waals surface area (Å²) in [5, 5.41) is 15.0. The van der Waals surface area contributed by atoms with Gasteiger partial charge in [0, 0.05) is 66.7 Å². The van der Waals surface area contributed by atoms with E-state index in [0.717, 1.165) is 43.9 Å². The van der Waals surface area contributed by atoms with Crippen LogP contribution in [0.15, 0.2) is 48.9 Å². The molecule has 0 aliphatic carbocycles. The number of benzene rings is 2. The van der Waals surface area contributed by atoms with E-state index in [1.807, 2.05) is 49.6 Å². The predicted molar refractivity (Wildman–Crippen MR) is 154 cm³/mol. The number of imidazole rings is 1. The minimum Gasteiger partial charge on any atom is -0.479 e. The van der Waals surface area contributed by atoms with Crippen molar-refractivity contribution >= 4 is 28.7 Å². The summed E-state index contributed by atoms with van der Waals surface area (Å²) in [6, 6.07) is 10.1. The second-order valence-electron chi connectivity index (χ2n) is 12.8. The molecular formula is C31H33FN6O4. The van der Waals surface area contributed by atoms with Gasteiger partial charge in [-0.1, -0.05) is 24.3 Å². The smallest absolute Gasteiger partial charge is 0.410 e. The topological polar surface area (TPSA) is 106 Å². The number of ether oxygens (including phenoxy) is 1. The number of carbonyl (C=O) groups is 2. The first-order chi connectivity index (χ1) is 20.0. The van der Waals surface area contributed by atoms with E-state index in [1.54, 1.807) is 29.6 Å². The summed E-state index contributed by atoms with van der Waals surface area (Å²) >= 11 is 0. The minimum atomic E-state index is -1.12. The highest BCUT2D eigenvalue weighted by molar-refractivity contribution is 5.86. The van der Waals surface area contributed by atoms with Gasteiger partial charge < -0.3 is 24.2 Å². The van der Waals surface area contributed by atoms with Crippen molar-refractivity contribution < 1.29 is 23.8 Å². The third-order valence-corrected chi connectivity index (χ3v) is 8.48. The lowest BCUT2D eigenvalue weighted by atomic mass is 9.73. The maximum Gasteiger partial charge on any atom is 0.410 e. The fraction of sp³-hybridized carbons (Fsp3) is 0.419. The summed E-state index contributed by atoms with van der Waals surface area (Å²) in [6.07, 6.45) is 4.69. The van der Waals surface area contributed by atoms with Crippen LogP contribution < -0.4 is 4.90 Å². The Morgan fingerprint density at radius 2 is 1.81 bits per heavy atom. The van der Waals surface area contributed by atoms with Crippen molar-refractivity contribution in [3.8, 4) is 11.1 Å². The maximum atomic E-state index is 15.8. The lowest BCUT2D eigenvalue weighted by molar-refractivity contribution is -0.139. The van der Waals surface area contributed by atoms with Crippen molar-refractivity contribution in [3.05, 3.63) is 66.1 Å². The van der Waals surface area contributed by atoms with Gasteiger partial charge in [0.2, 0.25) is 0 Å². The lowest BCUT2D eigenvalue weighted by Crippen LogP contribution is -2.73. The normalized spacial score (nSPS) is 18.1. The summed E-state index contributed by atoms with van der Waals surface area (Å²) in [6.45, 7) is 9.52. The molecule has 1 unspecified atom stereocenters. The van der Waals surface area contributed by atoms with E-state index in [-0.39, 0.29) is 17.0 Å². The molecule has 7 rings (SSSR count). The minimum absolute atomic E-state index is 0.107. The molecule has 10 nitrogen and oxygen atoms in total. The van der Waals surface area contributed by atoms with Crippen LogP contribution in [0.4, 0.5) is 14.9 Å². The van der Waals surface area contributed by atoms with E-state index < -0.39 is 23.4 Å². The fourth-order valence-corrected chi connectivity index (χ4v) is 6.53. The quantitative estimate of drug-likeness (QED) is 0.369. The number of likely N-dealkylation sites (tertiary alicyclic amines) is 1. The molecule has 42 heavy (non-hydrogen) atoms. The Hall–Kier alpha value is -4.41. The van der Waals surface area contributed by atoms with Crippen LogP contribution in [0.2, 0.25) is 0 Å². The summed E-state index contributed by atoms with van der Waals surface area (Å²) in [4.78, 5) is 33.0. The number of carbonyl (C=O) groups excluding carboxylic acids is 1. The standard InChI is InChI=1S/C31H33FN6O4/c1-30(2,3)42-29(41)37-16-31(17-37)14-36(15-31)21-9-6-19(7-10-21)22-11-8-20-13-38(34-25(20)24(22)32)27(28(39)40)26-23-5-4-12-35(23)18-33-26/h6-11,13,18,27H,4-5,12,14-17H2,1-3H3,(H,39,40). The Kier molecular flexibility index (Phi) is 5.87.